The van der Waals surface area contributed by atoms with E-state index in [2.05, 4.69) is 36.8 Å². The molecule has 11 heteroatoms. The molecule has 0 aliphatic carbocycles. The zero-order valence-electron chi connectivity index (χ0n) is 16.5. The van der Waals surface area contributed by atoms with Crippen molar-refractivity contribution in [2.45, 2.75) is 18.2 Å². The van der Waals surface area contributed by atoms with Crippen molar-refractivity contribution in [1.29, 1.82) is 0 Å². The third kappa shape index (κ3) is 6.88. The number of rotatable bonds is 11. The smallest absolute Gasteiger partial charge is 0.271 e. The van der Waals surface area contributed by atoms with Gasteiger partial charge in [-0.1, -0.05) is 31.9 Å². The fraction of sp³-hybridized carbons (Fsp3) is 0.667. The quantitative estimate of drug-likeness (QED) is 0.235. The summed E-state index contributed by atoms with van der Waals surface area (Å²) in [5, 5.41) is 12.7. The third-order valence-corrected chi connectivity index (χ3v) is 7.33. The Kier molecular flexibility index (Phi) is 9.80. The number of nitrogens with zero attached hydrogens (tertiary/aromatic N) is 3. The summed E-state index contributed by atoms with van der Waals surface area (Å²) in [4.78, 5) is 15.0. The summed E-state index contributed by atoms with van der Waals surface area (Å²) in [5.41, 5.74) is 0.948. The van der Waals surface area contributed by atoms with Crippen molar-refractivity contribution in [2.75, 3.05) is 67.3 Å². The molecule has 0 spiro atoms. The highest BCUT2D eigenvalue weighted by Crippen LogP contribution is 2.34. The Balaban J connectivity index is 2.33. The Labute approximate surface area is 188 Å². The number of ether oxygens (including phenoxy) is 1. The second-order valence-electron chi connectivity index (χ2n) is 6.86. The van der Waals surface area contributed by atoms with Gasteiger partial charge in [0.15, 0.2) is 9.84 Å². The number of halogens is 2. The van der Waals surface area contributed by atoms with Crippen LogP contribution in [0, 0.1) is 17.0 Å². The lowest BCUT2D eigenvalue weighted by atomic mass is 10.1. The molecular weight excluding hydrogens is 530 g/mol. The molecule has 8 nitrogen and oxygen atoms in total. The van der Waals surface area contributed by atoms with E-state index in [-0.39, 0.29) is 16.3 Å². The van der Waals surface area contributed by atoms with Gasteiger partial charge in [0.25, 0.3) is 5.69 Å². The average Bonchev–Trinajstić information content (AvgIpc) is 2.68. The molecule has 0 radical (unpaired) electrons. The predicted molar refractivity (Wildman–Crippen MR) is 122 cm³/mol. The number of aryl methyl sites for hydroxylation is 1. The molecule has 29 heavy (non-hydrogen) atoms. The van der Waals surface area contributed by atoms with E-state index in [9.17, 15) is 18.5 Å². The molecule has 1 heterocycles. The molecular formula is C18H27Br2N3O5S. The SMILES string of the molecule is Cc1cc([N+](=O)[O-])cc(S(=O)(=O)CCCN2CCOCC2)c1N(CCBr)CCBr. The minimum Gasteiger partial charge on any atom is -0.379 e. The molecule has 1 aromatic carbocycles. The van der Waals surface area contributed by atoms with Crippen LogP contribution in [0.2, 0.25) is 0 Å². The zero-order valence-corrected chi connectivity index (χ0v) is 20.5. The second kappa shape index (κ2) is 11.6. The number of alkyl halides is 2. The van der Waals surface area contributed by atoms with Crippen molar-refractivity contribution in [3.05, 3.63) is 27.8 Å². The Morgan fingerprint density at radius 3 is 2.38 bits per heavy atom. The van der Waals surface area contributed by atoms with Crippen LogP contribution >= 0.6 is 31.9 Å². The van der Waals surface area contributed by atoms with Gasteiger partial charge in [-0.25, -0.2) is 8.42 Å². The fourth-order valence-corrected chi connectivity index (χ4v) is 5.90. The molecule has 1 aliphatic heterocycles. The van der Waals surface area contributed by atoms with Crippen LogP contribution in [0.15, 0.2) is 17.0 Å². The number of hydrogen-bond acceptors (Lipinski definition) is 7. The number of sulfone groups is 1. The monoisotopic (exact) mass is 555 g/mol. The van der Waals surface area contributed by atoms with Crippen molar-refractivity contribution >= 4 is 53.1 Å². The van der Waals surface area contributed by atoms with Crippen LogP contribution in [0.4, 0.5) is 11.4 Å². The van der Waals surface area contributed by atoms with E-state index >= 15 is 0 Å². The van der Waals surface area contributed by atoms with Gasteiger partial charge >= 0.3 is 0 Å². The molecule has 0 aromatic heterocycles. The van der Waals surface area contributed by atoms with Crippen LogP contribution in [0.1, 0.15) is 12.0 Å². The molecule has 164 valence electrons. The first kappa shape index (κ1) is 24.5. The molecule has 0 atom stereocenters. The Bertz CT molecular complexity index is 795. The molecule has 0 N–H and O–H groups in total. The number of anilines is 1. The van der Waals surface area contributed by atoms with E-state index in [0.29, 0.717) is 61.2 Å². The standard InChI is InChI=1S/C18H27Br2N3O5S/c1-15-13-16(23(24)25)14-17(18(15)22(6-3-19)7-4-20)29(26,27)12-2-5-21-8-10-28-11-9-21/h13-14H,2-12H2,1H3. The van der Waals surface area contributed by atoms with Gasteiger partial charge in [0.1, 0.15) is 0 Å². The summed E-state index contributed by atoms with van der Waals surface area (Å²) in [5.74, 6) is -0.0472. The first-order valence-corrected chi connectivity index (χ1v) is 13.4. The molecule has 0 unspecified atom stereocenters. The zero-order chi connectivity index (χ0) is 21.4. The lowest BCUT2D eigenvalue weighted by molar-refractivity contribution is -0.385. The molecule has 1 aromatic rings. The number of morpholine rings is 1. The number of hydrogen-bond donors (Lipinski definition) is 0. The summed E-state index contributed by atoms with van der Waals surface area (Å²) in [7, 11) is -3.69. The highest BCUT2D eigenvalue weighted by Gasteiger charge is 2.27. The van der Waals surface area contributed by atoms with E-state index in [1.807, 2.05) is 4.90 Å². The van der Waals surface area contributed by atoms with Gasteiger partial charge in [0.2, 0.25) is 0 Å². The van der Waals surface area contributed by atoms with Gasteiger partial charge in [-0.2, -0.15) is 0 Å². The maximum atomic E-state index is 13.2. The Morgan fingerprint density at radius 1 is 1.21 bits per heavy atom. The van der Waals surface area contributed by atoms with Crippen molar-refractivity contribution in [3.63, 3.8) is 0 Å². The Hall–Kier alpha value is -0.750. The molecule has 0 amide bonds. The molecule has 2 rings (SSSR count). The predicted octanol–water partition coefficient (Wildman–Crippen LogP) is 3.00. The summed E-state index contributed by atoms with van der Waals surface area (Å²) in [6.07, 6.45) is 0.473. The van der Waals surface area contributed by atoms with Crippen LogP contribution < -0.4 is 4.90 Å². The summed E-state index contributed by atoms with van der Waals surface area (Å²) in [6, 6.07) is 2.65. The highest BCUT2D eigenvalue weighted by atomic mass is 79.9. The largest absolute Gasteiger partial charge is 0.379 e. The lowest BCUT2D eigenvalue weighted by Gasteiger charge is -2.28. The second-order valence-corrected chi connectivity index (χ2v) is 10.5. The van der Waals surface area contributed by atoms with Crippen molar-refractivity contribution < 1.29 is 18.1 Å². The summed E-state index contributed by atoms with van der Waals surface area (Å²) >= 11 is 6.82. The summed E-state index contributed by atoms with van der Waals surface area (Å²) in [6.45, 7) is 6.50. The van der Waals surface area contributed by atoms with E-state index in [1.54, 1.807) is 6.92 Å². The molecule has 1 saturated heterocycles. The van der Waals surface area contributed by atoms with Crippen LogP contribution in [0.25, 0.3) is 0 Å². The topological polar surface area (TPSA) is 93.0 Å². The van der Waals surface area contributed by atoms with E-state index in [1.165, 1.54) is 12.1 Å². The molecule has 1 aliphatic rings. The van der Waals surface area contributed by atoms with Gasteiger partial charge in [-0.15, -0.1) is 0 Å². The maximum Gasteiger partial charge on any atom is 0.271 e. The molecule has 1 fully saturated rings. The van der Waals surface area contributed by atoms with Gasteiger partial charge < -0.3 is 9.64 Å². The normalized spacial score (nSPS) is 15.4. The number of nitro benzene ring substituents is 1. The molecule has 0 bridgehead atoms. The van der Waals surface area contributed by atoms with Crippen LogP contribution in [0.5, 0.6) is 0 Å². The van der Waals surface area contributed by atoms with Crippen LogP contribution in [0.3, 0.4) is 0 Å². The average molecular weight is 557 g/mol. The van der Waals surface area contributed by atoms with Crippen molar-refractivity contribution in [1.82, 2.24) is 4.90 Å². The highest BCUT2D eigenvalue weighted by molar-refractivity contribution is 9.09. The third-order valence-electron chi connectivity index (χ3n) is 4.81. The van der Waals surface area contributed by atoms with Gasteiger partial charge in [-0.05, 0) is 25.5 Å². The Morgan fingerprint density at radius 2 is 1.83 bits per heavy atom. The number of benzene rings is 1. The maximum absolute atomic E-state index is 13.2. The summed E-state index contributed by atoms with van der Waals surface area (Å²) < 4.78 is 31.8. The van der Waals surface area contributed by atoms with E-state index < -0.39 is 14.8 Å². The number of non-ortho nitro benzene ring substituents is 1. The fourth-order valence-electron chi connectivity index (χ4n) is 3.43. The lowest BCUT2D eigenvalue weighted by Crippen LogP contribution is -2.37. The minimum atomic E-state index is -3.69. The first-order valence-electron chi connectivity index (χ1n) is 9.49. The first-order chi connectivity index (χ1) is 13.8. The minimum absolute atomic E-state index is 0.0472. The van der Waals surface area contributed by atoms with Crippen molar-refractivity contribution in [2.24, 2.45) is 0 Å². The van der Waals surface area contributed by atoms with E-state index in [0.717, 1.165) is 13.1 Å². The molecule has 0 saturated carbocycles. The van der Waals surface area contributed by atoms with Gasteiger partial charge in [0, 0.05) is 49.0 Å². The van der Waals surface area contributed by atoms with E-state index in [4.69, 9.17) is 4.74 Å². The van der Waals surface area contributed by atoms with Crippen molar-refractivity contribution in [3.8, 4) is 0 Å². The van der Waals surface area contributed by atoms with Gasteiger partial charge in [-0.3, -0.25) is 15.0 Å². The van der Waals surface area contributed by atoms with Crippen LogP contribution in [-0.2, 0) is 14.6 Å². The van der Waals surface area contributed by atoms with Crippen LogP contribution in [-0.4, -0.2) is 80.6 Å². The number of nitro groups is 1. The van der Waals surface area contributed by atoms with Gasteiger partial charge in [0.05, 0.1) is 34.5 Å².